The van der Waals surface area contributed by atoms with Crippen LogP contribution in [0.15, 0.2) is 24.3 Å². The molecule has 0 bridgehead atoms. The highest BCUT2D eigenvalue weighted by Gasteiger charge is 2.37. The molecule has 1 saturated heterocycles. The second-order valence-corrected chi connectivity index (χ2v) is 10.8. The highest BCUT2D eigenvalue weighted by molar-refractivity contribution is 5.77. The van der Waals surface area contributed by atoms with Gasteiger partial charge in [-0.3, -0.25) is 4.79 Å². The summed E-state index contributed by atoms with van der Waals surface area (Å²) >= 11 is 0. The average molecular weight is 431 g/mol. The van der Waals surface area contributed by atoms with E-state index in [4.69, 9.17) is 4.74 Å². The van der Waals surface area contributed by atoms with Crippen LogP contribution in [-0.2, 0) is 9.53 Å². The lowest BCUT2D eigenvalue weighted by molar-refractivity contribution is -0.124. The van der Waals surface area contributed by atoms with Gasteiger partial charge in [0.15, 0.2) is 0 Å². The van der Waals surface area contributed by atoms with Gasteiger partial charge in [0.1, 0.15) is 5.60 Å². The molecule has 2 atom stereocenters. The molecule has 5 heteroatoms. The summed E-state index contributed by atoms with van der Waals surface area (Å²) in [7, 11) is 0. The largest absolute Gasteiger partial charge is 0.444 e. The lowest BCUT2D eigenvalue weighted by Gasteiger charge is -2.39. The summed E-state index contributed by atoms with van der Waals surface area (Å²) in [6.45, 7) is 9.34. The van der Waals surface area contributed by atoms with Crippen LogP contribution in [0.1, 0.15) is 85.5 Å². The van der Waals surface area contributed by atoms with Crippen LogP contribution in [0.4, 0.5) is 4.79 Å². The van der Waals surface area contributed by atoms with Crippen LogP contribution < -0.4 is 5.32 Å². The summed E-state index contributed by atoms with van der Waals surface area (Å²) in [5, 5.41) is 3.37. The van der Waals surface area contributed by atoms with Crippen LogP contribution in [-0.4, -0.2) is 41.1 Å². The highest BCUT2D eigenvalue weighted by atomic mass is 16.6. The Kier molecular flexibility index (Phi) is 7.87. The van der Waals surface area contributed by atoms with E-state index in [0.717, 1.165) is 38.8 Å². The smallest absolute Gasteiger partial charge is 0.410 e. The van der Waals surface area contributed by atoms with E-state index in [1.54, 1.807) is 0 Å². The number of nitrogens with one attached hydrogen (secondary N) is 1. The Morgan fingerprint density at radius 1 is 1.10 bits per heavy atom. The van der Waals surface area contributed by atoms with Crippen molar-refractivity contribution in [3.63, 3.8) is 0 Å². The van der Waals surface area contributed by atoms with Gasteiger partial charge in [-0.25, -0.2) is 4.79 Å². The van der Waals surface area contributed by atoms with Crippen LogP contribution in [0.2, 0.25) is 0 Å². The molecule has 0 spiro atoms. The number of amides is 2. The molecule has 1 aliphatic heterocycles. The minimum absolute atomic E-state index is 0.188. The van der Waals surface area contributed by atoms with Crippen LogP contribution in [0.5, 0.6) is 0 Å². The van der Waals surface area contributed by atoms with Crippen molar-refractivity contribution in [3.8, 4) is 0 Å². The molecule has 5 nitrogen and oxygen atoms in total. The predicted molar refractivity (Wildman–Crippen MR) is 125 cm³/mol. The molecule has 0 radical (unpaired) electrons. The van der Waals surface area contributed by atoms with E-state index in [2.05, 4.69) is 30.5 Å². The summed E-state index contributed by atoms with van der Waals surface area (Å²) in [6, 6.07) is 0. The van der Waals surface area contributed by atoms with E-state index >= 15 is 0 Å². The Labute approximate surface area is 188 Å². The van der Waals surface area contributed by atoms with E-state index in [9.17, 15) is 9.59 Å². The van der Waals surface area contributed by atoms with E-state index in [-0.39, 0.29) is 17.5 Å². The van der Waals surface area contributed by atoms with Crippen molar-refractivity contribution >= 4 is 12.0 Å². The molecule has 31 heavy (non-hydrogen) atoms. The SMILES string of the molecule is CC[C@@]1(NC(=O)C[C@H](C2CCCC2)C2CCN(C(=O)OC(C)(C)C)CC2)C=CC=CC1. The molecule has 0 aromatic heterocycles. The van der Waals surface area contributed by atoms with Gasteiger partial charge in [0.25, 0.3) is 0 Å². The van der Waals surface area contributed by atoms with Gasteiger partial charge in [0.2, 0.25) is 5.91 Å². The fourth-order valence-electron chi connectivity index (χ4n) is 5.59. The molecule has 3 rings (SSSR count). The summed E-state index contributed by atoms with van der Waals surface area (Å²) in [6.07, 6.45) is 17.6. The van der Waals surface area contributed by atoms with Gasteiger partial charge in [0.05, 0.1) is 5.54 Å². The monoisotopic (exact) mass is 430 g/mol. The van der Waals surface area contributed by atoms with E-state index in [0.29, 0.717) is 24.2 Å². The topological polar surface area (TPSA) is 58.6 Å². The molecule has 0 aromatic carbocycles. The second-order valence-electron chi connectivity index (χ2n) is 10.8. The van der Waals surface area contributed by atoms with Gasteiger partial charge in [-0.1, -0.05) is 56.9 Å². The Bertz CT molecular complexity index is 679. The van der Waals surface area contributed by atoms with Gasteiger partial charge < -0.3 is 15.0 Å². The molecule has 1 N–H and O–H groups in total. The first-order valence-electron chi connectivity index (χ1n) is 12.3. The van der Waals surface area contributed by atoms with Crippen LogP contribution in [0.25, 0.3) is 0 Å². The molecule has 3 aliphatic rings. The van der Waals surface area contributed by atoms with E-state index in [1.807, 2.05) is 31.7 Å². The third-order valence-electron chi connectivity index (χ3n) is 7.39. The number of hydrogen-bond donors (Lipinski definition) is 1. The summed E-state index contributed by atoms with van der Waals surface area (Å²) in [4.78, 5) is 27.4. The van der Waals surface area contributed by atoms with Gasteiger partial charge >= 0.3 is 6.09 Å². The van der Waals surface area contributed by atoms with Crippen molar-refractivity contribution in [2.75, 3.05) is 13.1 Å². The Morgan fingerprint density at radius 2 is 1.74 bits per heavy atom. The maximum Gasteiger partial charge on any atom is 0.410 e. The molecule has 1 heterocycles. The fourth-order valence-corrected chi connectivity index (χ4v) is 5.59. The van der Waals surface area contributed by atoms with Gasteiger partial charge in [-0.05, 0) is 64.2 Å². The zero-order valence-corrected chi connectivity index (χ0v) is 20.0. The lowest BCUT2D eigenvalue weighted by atomic mass is 9.74. The van der Waals surface area contributed by atoms with Crippen molar-refractivity contribution in [1.29, 1.82) is 0 Å². The number of allylic oxidation sites excluding steroid dienone is 2. The summed E-state index contributed by atoms with van der Waals surface area (Å²) in [5.41, 5.74) is -0.692. The van der Waals surface area contributed by atoms with Crippen molar-refractivity contribution in [2.45, 2.75) is 96.6 Å². The van der Waals surface area contributed by atoms with Gasteiger partial charge in [-0.2, -0.15) is 0 Å². The van der Waals surface area contributed by atoms with Gasteiger partial charge in [-0.15, -0.1) is 0 Å². The minimum Gasteiger partial charge on any atom is -0.444 e. The minimum atomic E-state index is -0.462. The van der Waals surface area contributed by atoms with Crippen LogP contribution in [0, 0.1) is 17.8 Å². The van der Waals surface area contributed by atoms with E-state index < -0.39 is 5.60 Å². The normalized spacial score (nSPS) is 26.1. The molecule has 1 saturated carbocycles. The maximum atomic E-state index is 13.2. The standard InChI is InChI=1S/C26H42N2O3/c1-5-26(15-9-6-10-16-26)27-23(29)19-22(20-11-7-8-12-20)21-13-17-28(18-14-21)24(30)31-25(2,3)4/h6,9-10,15,20-22H,5,7-8,11-14,16-19H2,1-4H3,(H,27,29)/t22-,26-/m1/s1. The highest BCUT2D eigenvalue weighted by Crippen LogP contribution is 2.41. The molecule has 0 aromatic rings. The Morgan fingerprint density at radius 3 is 2.29 bits per heavy atom. The number of ether oxygens (including phenoxy) is 1. The van der Waals surface area contributed by atoms with Gasteiger partial charge in [0, 0.05) is 19.5 Å². The first kappa shape index (κ1) is 23.9. The van der Waals surface area contributed by atoms with Crippen molar-refractivity contribution < 1.29 is 14.3 Å². The van der Waals surface area contributed by atoms with E-state index in [1.165, 1.54) is 25.7 Å². The predicted octanol–water partition coefficient (Wildman–Crippen LogP) is 5.61. The third-order valence-corrected chi connectivity index (χ3v) is 7.39. The molecule has 2 amide bonds. The molecule has 0 unspecified atom stereocenters. The number of nitrogens with zero attached hydrogens (tertiary/aromatic N) is 1. The molecule has 2 aliphatic carbocycles. The quantitative estimate of drug-likeness (QED) is 0.596. The number of hydrogen-bond acceptors (Lipinski definition) is 3. The maximum absolute atomic E-state index is 13.2. The van der Waals surface area contributed by atoms with Crippen molar-refractivity contribution in [3.05, 3.63) is 24.3 Å². The lowest BCUT2D eigenvalue weighted by Crippen LogP contribution is -2.48. The summed E-state index contributed by atoms with van der Waals surface area (Å²) in [5.74, 6) is 1.75. The number of carbonyl (C=O) groups excluding carboxylic acids is 2. The second kappa shape index (κ2) is 10.2. The fraction of sp³-hybridized carbons (Fsp3) is 0.769. The molecular formula is C26H42N2O3. The zero-order valence-electron chi connectivity index (χ0n) is 20.0. The Hall–Kier alpha value is -1.78. The van der Waals surface area contributed by atoms with Crippen molar-refractivity contribution in [1.82, 2.24) is 10.2 Å². The van der Waals surface area contributed by atoms with Crippen LogP contribution >= 0.6 is 0 Å². The third kappa shape index (κ3) is 6.60. The summed E-state index contributed by atoms with van der Waals surface area (Å²) < 4.78 is 5.56. The number of likely N-dealkylation sites (tertiary alicyclic amines) is 1. The Balaban J connectivity index is 1.60. The number of rotatable bonds is 6. The molecule has 2 fully saturated rings. The average Bonchev–Trinajstić information content (AvgIpc) is 3.26. The zero-order chi connectivity index (χ0) is 22.5. The molecular weight excluding hydrogens is 388 g/mol. The number of piperidine rings is 1. The van der Waals surface area contributed by atoms with Crippen molar-refractivity contribution in [2.24, 2.45) is 17.8 Å². The first-order chi connectivity index (χ1) is 14.7. The first-order valence-corrected chi connectivity index (χ1v) is 12.3. The van der Waals surface area contributed by atoms with Crippen LogP contribution in [0.3, 0.4) is 0 Å². The molecule has 174 valence electrons. The number of carbonyl (C=O) groups is 2.